The van der Waals surface area contributed by atoms with Crippen molar-refractivity contribution in [2.24, 2.45) is 5.18 Å². The summed E-state index contributed by atoms with van der Waals surface area (Å²) >= 11 is 0. The van der Waals surface area contributed by atoms with Gasteiger partial charge in [-0.25, -0.2) is 0 Å². The number of nitroso groups, excluding NO2 is 1. The quantitative estimate of drug-likeness (QED) is 0.543. The molecule has 0 bridgehead atoms. The van der Waals surface area contributed by atoms with Crippen LogP contribution in [0.5, 0.6) is 0 Å². The molecule has 0 spiro atoms. The molecule has 0 amide bonds. The molecule has 1 rings (SSSR count). The normalized spacial score (nSPS) is 10.4. The van der Waals surface area contributed by atoms with Gasteiger partial charge >= 0.3 is 0 Å². The van der Waals surface area contributed by atoms with Gasteiger partial charge in [0.05, 0.1) is 0 Å². The summed E-state index contributed by atoms with van der Waals surface area (Å²) in [6.45, 7) is 0. The molecule has 0 aromatic heterocycles. The zero-order valence-corrected chi connectivity index (χ0v) is 7.05. The van der Waals surface area contributed by atoms with Crippen molar-refractivity contribution in [2.75, 3.05) is 0 Å². The Kier molecular flexibility index (Phi) is 3.54. The molecular weight excluding hydrogens is 170 g/mol. The van der Waals surface area contributed by atoms with E-state index in [1.54, 1.807) is 24.3 Å². The van der Waals surface area contributed by atoms with Gasteiger partial charge in [0, 0.05) is 6.42 Å². The van der Waals surface area contributed by atoms with Gasteiger partial charge in [0.2, 0.25) is 0 Å². The molecule has 0 aliphatic carbocycles. The van der Waals surface area contributed by atoms with E-state index < -0.39 is 6.29 Å². The molecule has 1 aromatic rings. The number of nitrogens with zero attached hydrogens (tertiary/aromatic N) is 1. The third kappa shape index (κ3) is 3.31. The SMILES string of the molecule is O=Nc1ccc(CCC(O)O)cc1. The summed E-state index contributed by atoms with van der Waals surface area (Å²) < 4.78 is 0. The third-order valence-corrected chi connectivity index (χ3v) is 1.73. The van der Waals surface area contributed by atoms with Gasteiger partial charge in [-0.1, -0.05) is 12.1 Å². The van der Waals surface area contributed by atoms with Crippen LogP contribution < -0.4 is 0 Å². The van der Waals surface area contributed by atoms with E-state index in [0.717, 1.165) is 5.56 Å². The summed E-state index contributed by atoms with van der Waals surface area (Å²) in [6, 6.07) is 6.70. The monoisotopic (exact) mass is 181 g/mol. The molecule has 13 heavy (non-hydrogen) atoms. The average molecular weight is 181 g/mol. The molecule has 1 aromatic carbocycles. The molecule has 0 atom stereocenters. The standard InChI is InChI=1S/C9H11NO3/c11-9(12)6-3-7-1-4-8(10-13)5-2-7/h1-2,4-5,9,11-12H,3,6H2. The predicted octanol–water partition coefficient (Wildman–Crippen LogP) is 1.33. The van der Waals surface area contributed by atoms with Crippen molar-refractivity contribution in [3.8, 4) is 0 Å². The van der Waals surface area contributed by atoms with Gasteiger partial charge in [0.15, 0.2) is 6.29 Å². The fourth-order valence-electron chi connectivity index (χ4n) is 1.02. The molecular formula is C9H11NO3. The molecule has 0 aliphatic heterocycles. The van der Waals surface area contributed by atoms with Crippen molar-refractivity contribution < 1.29 is 10.2 Å². The third-order valence-electron chi connectivity index (χ3n) is 1.73. The Morgan fingerprint density at radius 3 is 2.31 bits per heavy atom. The van der Waals surface area contributed by atoms with Gasteiger partial charge < -0.3 is 10.2 Å². The summed E-state index contributed by atoms with van der Waals surface area (Å²) in [5.41, 5.74) is 1.34. The largest absolute Gasteiger partial charge is 0.368 e. The fraction of sp³-hybridized carbons (Fsp3) is 0.333. The molecule has 70 valence electrons. The van der Waals surface area contributed by atoms with E-state index in [4.69, 9.17) is 10.2 Å². The van der Waals surface area contributed by atoms with Gasteiger partial charge in [-0.15, -0.1) is 4.91 Å². The fourth-order valence-corrected chi connectivity index (χ4v) is 1.02. The number of aliphatic hydroxyl groups is 2. The molecule has 0 fully saturated rings. The van der Waals surface area contributed by atoms with Crippen molar-refractivity contribution in [3.63, 3.8) is 0 Å². The minimum absolute atomic E-state index is 0.299. The van der Waals surface area contributed by atoms with E-state index in [0.29, 0.717) is 18.5 Å². The second-order valence-electron chi connectivity index (χ2n) is 2.78. The zero-order chi connectivity index (χ0) is 9.68. The zero-order valence-electron chi connectivity index (χ0n) is 7.05. The van der Waals surface area contributed by atoms with Crippen LogP contribution in [0.15, 0.2) is 29.4 Å². The highest BCUT2D eigenvalue weighted by Crippen LogP contribution is 2.13. The first-order valence-corrected chi connectivity index (χ1v) is 4.01. The Morgan fingerprint density at radius 1 is 1.23 bits per heavy atom. The average Bonchev–Trinajstić information content (AvgIpc) is 2.15. The Morgan fingerprint density at radius 2 is 1.85 bits per heavy atom. The first-order chi connectivity index (χ1) is 6.22. The molecule has 0 unspecified atom stereocenters. The molecule has 2 N–H and O–H groups in total. The lowest BCUT2D eigenvalue weighted by Crippen LogP contribution is -2.05. The van der Waals surface area contributed by atoms with E-state index in [1.165, 1.54) is 0 Å². The summed E-state index contributed by atoms with van der Waals surface area (Å²) in [5.74, 6) is 0. The van der Waals surface area contributed by atoms with Crippen LogP contribution in [0.2, 0.25) is 0 Å². The van der Waals surface area contributed by atoms with Crippen LogP contribution in [0.1, 0.15) is 12.0 Å². The first-order valence-electron chi connectivity index (χ1n) is 4.01. The predicted molar refractivity (Wildman–Crippen MR) is 48.4 cm³/mol. The van der Waals surface area contributed by atoms with E-state index in [1.807, 2.05) is 0 Å². The second kappa shape index (κ2) is 4.69. The maximum Gasteiger partial charge on any atom is 0.151 e. The van der Waals surface area contributed by atoms with Gasteiger partial charge in [-0.05, 0) is 29.3 Å². The highest BCUT2D eigenvalue weighted by atomic mass is 16.5. The highest BCUT2D eigenvalue weighted by Gasteiger charge is 1.99. The summed E-state index contributed by atoms with van der Waals surface area (Å²) in [4.78, 5) is 10.1. The van der Waals surface area contributed by atoms with Crippen LogP contribution in [0.4, 0.5) is 5.69 Å². The lowest BCUT2D eigenvalue weighted by atomic mass is 10.1. The van der Waals surface area contributed by atoms with Gasteiger partial charge in [-0.2, -0.15) is 0 Å². The maximum absolute atomic E-state index is 10.1. The molecule has 0 saturated heterocycles. The molecule has 0 saturated carbocycles. The van der Waals surface area contributed by atoms with E-state index in [-0.39, 0.29) is 0 Å². The first kappa shape index (κ1) is 9.83. The minimum atomic E-state index is -1.27. The van der Waals surface area contributed by atoms with E-state index in [2.05, 4.69) is 5.18 Å². The Hall–Kier alpha value is -1.26. The summed E-state index contributed by atoms with van der Waals surface area (Å²) in [5, 5.41) is 20.0. The number of hydrogen-bond acceptors (Lipinski definition) is 4. The van der Waals surface area contributed by atoms with Crippen LogP contribution in [0.3, 0.4) is 0 Å². The Labute approximate surface area is 75.8 Å². The van der Waals surface area contributed by atoms with Crippen LogP contribution in [-0.2, 0) is 6.42 Å². The van der Waals surface area contributed by atoms with Gasteiger partial charge in [0.1, 0.15) is 5.69 Å². The maximum atomic E-state index is 10.1. The smallest absolute Gasteiger partial charge is 0.151 e. The lowest BCUT2D eigenvalue weighted by Gasteiger charge is -2.02. The van der Waals surface area contributed by atoms with Crippen LogP contribution in [-0.4, -0.2) is 16.5 Å². The lowest BCUT2D eigenvalue weighted by molar-refractivity contribution is -0.0446. The number of hydrogen-bond donors (Lipinski definition) is 2. The van der Waals surface area contributed by atoms with Crippen molar-refractivity contribution >= 4 is 5.69 Å². The van der Waals surface area contributed by atoms with Crippen LogP contribution in [0, 0.1) is 4.91 Å². The number of aliphatic hydroxyl groups excluding tert-OH is 1. The van der Waals surface area contributed by atoms with Crippen molar-refractivity contribution in [1.29, 1.82) is 0 Å². The van der Waals surface area contributed by atoms with E-state index >= 15 is 0 Å². The number of rotatable bonds is 4. The Bertz CT molecular complexity index is 269. The van der Waals surface area contributed by atoms with Gasteiger partial charge in [0.25, 0.3) is 0 Å². The molecule has 4 nitrogen and oxygen atoms in total. The number of aryl methyl sites for hydroxylation is 1. The van der Waals surface area contributed by atoms with Crippen LogP contribution in [0.25, 0.3) is 0 Å². The van der Waals surface area contributed by atoms with E-state index in [9.17, 15) is 4.91 Å². The molecule has 0 radical (unpaired) electrons. The molecule has 0 aliphatic rings. The summed E-state index contributed by atoms with van der Waals surface area (Å²) in [6.07, 6.45) is -0.395. The molecule has 4 heteroatoms. The van der Waals surface area contributed by atoms with Crippen molar-refractivity contribution in [1.82, 2.24) is 0 Å². The molecule has 0 heterocycles. The second-order valence-corrected chi connectivity index (χ2v) is 2.78. The number of benzene rings is 1. The van der Waals surface area contributed by atoms with Crippen LogP contribution >= 0.6 is 0 Å². The topological polar surface area (TPSA) is 69.9 Å². The summed E-state index contributed by atoms with van der Waals surface area (Å²) in [7, 11) is 0. The minimum Gasteiger partial charge on any atom is -0.368 e. The Balaban J connectivity index is 2.54. The van der Waals surface area contributed by atoms with Crippen molar-refractivity contribution in [3.05, 3.63) is 34.7 Å². The van der Waals surface area contributed by atoms with Crippen molar-refractivity contribution in [2.45, 2.75) is 19.1 Å². The highest BCUT2D eigenvalue weighted by molar-refractivity contribution is 5.38. The van der Waals surface area contributed by atoms with Gasteiger partial charge in [-0.3, -0.25) is 0 Å².